The van der Waals surface area contributed by atoms with Crippen LogP contribution in [0.2, 0.25) is 0 Å². The predicted molar refractivity (Wildman–Crippen MR) is 118 cm³/mol. The number of aryl methyl sites for hydroxylation is 1. The van der Waals surface area contributed by atoms with Crippen LogP contribution < -0.4 is 11.1 Å². The van der Waals surface area contributed by atoms with Crippen LogP contribution in [0.3, 0.4) is 0 Å². The maximum atomic E-state index is 12.6. The first-order valence-corrected chi connectivity index (χ1v) is 10.3. The standard InChI is InChI=1S/C22H25BrN4O/c1-2-3-5-14-19-21(17-12-8-9-13-18(17)23)27(22(24)26-19)15-20(28)25-16-10-6-4-7-11-16/h4,6-13H,2-3,5,14-15H2,1H3,(H2,24,26)(H,25,28). The van der Waals surface area contributed by atoms with Gasteiger partial charge < -0.3 is 15.6 Å². The molecule has 0 spiro atoms. The number of imidazole rings is 1. The van der Waals surface area contributed by atoms with Crippen LogP contribution in [-0.4, -0.2) is 15.5 Å². The number of halogens is 1. The Morgan fingerprint density at radius 2 is 1.82 bits per heavy atom. The Morgan fingerprint density at radius 3 is 2.54 bits per heavy atom. The van der Waals surface area contributed by atoms with Gasteiger partial charge in [-0.3, -0.25) is 4.79 Å². The number of nitrogens with zero attached hydrogens (tertiary/aromatic N) is 2. The van der Waals surface area contributed by atoms with Crippen LogP contribution in [0, 0.1) is 0 Å². The van der Waals surface area contributed by atoms with Gasteiger partial charge in [0.1, 0.15) is 6.54 Å². The molecule has 3 rings (SSSR count). The summed E-state index contributed by atoms with van der Waals surface area (Å²) in [6.07, 6.45) is 4.15. The third kappa shape index (κ3) is 4.81. The van der Waals surface area contributed by atoms with Crippen molar-refractivity contribution in [3.05, 3.63) is 64.8 Å². The number of para-hydroxylation sites is 1. The van der Waals surface area contributed by atoms with Gasteiger partial charge >= 0.3 is 0 Å². The topological polar surface area (TPSA) is 72.9 Å². The number of rotatable bonds is 8. The number of carbonyl (C=O) groups is 1. The number of hydrogen-bond donors (Lipinski definition) is 2. The van der Waals surface area contributed by atoms with Crippen molar-refractivity contribution in [2.75, 3.05) is 11.1 Å². The maximum absolute atomic E-state index is 12.6. The molecule has 0 aliphatic heterocycles. The van der Waals surface area contributed by atoms with Gasteiger partial charge in [0.15, 0.2) is 0 Å². The maximum Gasteiger partial charge on any atom is 0.244 e. The number of hydrogen-bond acceptors (Lipinski definition) is 3. The molecule has 0 saturated heterocycles. The summed E-state index contributed by atoms with van der Waals surface area (Å²) >= 11 is 3.63. The van der Waals surface area contributed by atoms with Crippen LogP contribution in [0.25, 0.3) is 11.3 Å². The zero-order valence-electron chi connectivity index (χ0n) is 16.0. The fourth-order valence-corrected chi connectivity index (χ4v) is 3.69. The minimum Gasteiger partial charge on any atom is -0.369 e. The number of nitrogens with one attached hydrogen (secondary N) is 1. The Kier molecular flexibility index (Phi) is 6.87. The van der Waals surface area contributed by atoms with Gasteiger partial charge in [-0.25, -0.2) is 4.98 Å². The van der Waals surface area contributed by atoms with E-state index < -0.39 is 0 Å². The van der Waals surface area contributed by atoms with Crippen LogP contribution in [0.4, 0.5) is 11.6 Å². The summed E-state index contributed by atoms with van der Waals surface area (Å²) in [6.45, 7) is 2.29. The molecule has 0 aliphatic carbocycles. The largest absolute Gasteiger partial charge is 0.369 e. The molecule has 0 atom stereocenters. The minimum absolute atomic E-state index is 0.109. The monoisotopic (exact) mass is 440 g/mol. The highest BCUT2D eigenvalue weighted by atomic mass is 79.9. The van der Waals surface area contributed by atoms with E-state index in [9.17, 15) is 4.79 Å². The number of benzene rings is 2. The molecule has 1 amide bonds. The number of unbranched alkanes of at least 4 members (excludes halogenated alkanes) is 2. The lowest BCUT2D eigenvalue weighted by molar-refractivity contribution is -0.116. The second-order valence-corrected chi connectivity index (χ2v) is 7.56. The van der Waals surface area contributed by atoms with Gasteiger partial charge in [0.05, 0.1) is 11.4 Å². The fourth-order valence-electron chi connectivity index (χ4n) is 3.22. The summed E-state index contributed by atoms with van der Waals surface area (Å²) in [5, 5.41) is 2.92. The van der Waals surface area contributed by atoms with E-state index in [0.29, 0.717) is 5.95 Å². The smallest absolute Gasteiger partial charge is 0.244 e. The average Bonchev–Trinajstić information content (AvgIpc) is 2.98. The fraction of sp³-hybridized carbons (Fsp3) is 0.273. The normalized spacial score (nSPS) is 10.8. The molecule has 28 heavy (non-hydrogen) atoms. The Hall–Kier alpha value is -2.60. The molecule has 5 nitrogen and oxygen atoms in total. The molecule has 0 aliphatic rings. The molecule has 0 radical (unpaired) electrons. The molecule has 0 unspecified atom stereocenters. The van der Waals surface area contributed by atoms with E-state index >= 15 is 0 Å². The SMILES string of the molecule is CCCCCc1nc(N)n(CC(=O)Nc2ccccc2)c1-c1ccccc1Br. The summed E-state index contributed by atoms with van der Waals surface area (Å²) in [4.78, 5) is 17.2. The van der Waals surface area contributed by atoms with Gasteiger partial charge in [0.25, 0.3) is 0 Å². The lowest BCUT2D eigenvalue weighted by atomic mass is 10.1. The number of aromatic nitrogens is 2. The van der Waals surface area contributed by atoms with E-state index in [1.54, 1.807) is 4.57 Å². The Morgan fingerprint density at radius 1 is 1.11 bits per heavy atom. The van der Waals surface area contributed by atoms with Crippen LogP contribution >= 0.6 is 15.9 Å². The van der Waals surface area contributed by atoms with Gasteiger partial charge in [-0.05, 0) is 31.0 Å². The van der Waals surface area contributed by atoms with Gasteiger partial charge in [0, 0.05) is 15.7 Å². The van der Waals surface area contributed by atoms with Crippen molar-refractivity contribution in [2.45, 2.75) is 39.2 Å². The average molecular weight is 441 g/mol. The molecule has 0 bridgehead atoms. The lowest BCUT2D eigenvalue weighted by Crippen LogP contribution is -2.20. The van der Waals surface area contributed by atoms with Gasteiger partial charge in [0.2, 0.25) is 11.9 Å². The number of carbonyl (C=O) groups excluding carboxylic acids is 1. The quantitative estimate of drug-likeness (QED) is 0.468. The first kappa shape index (κ1) is 20.1. The first-order valence-electron chi connectivity index (χ1n) is 9.54. The molecule has 2 aromatic carbocycles. The molecule has 146 valence electrons. The summed E-state index contributed by atoms with van der Waals surface area (Å²) in [5.74, 6) is 0.226. The summed E-state index contributed by atoms with van der Waals surface area (Å²) in [5.41, 5.74) is 9.83. The summed E-state index contributed by atoms with van der Waals surface area (Å²) in [6, 6.07) is 17.4. The van der Waals surface area contributed by atoms with E-state index in [-0.39, 0.29) is 12.5 Å². The summed E-state index contributed by atoms with van der Waals surface area (Å²) < 4.78 is 2.76. The van der Waals surface area contributed by atoms with Gasteiger partial charge in [-0.15, -0.1) is 0 Å². The van der Waals surface area contributed by atoms with Crippen molar-refractivity contribution in [1.29, 1.82) is 0 Å². The van der Waals surface area contributed by atoms with Crippen molar-refractivity contribution in [1.82, 2.24) is 9.55 Å². The first-order chi connectivity index (χ1) is 13.6. The number of nitrogens with two attached hydrogens (primary N) is 1. The van der Waals surface area contributed by atoms with E-state index in [4.69, 9.17) is 5.73 Å². The van der Waals surface area contributed by atoms with Crippen LogP contribution in [0.15, 0.2) is 59.1 Å². The van der Waals surface area contributed by atoms with Gasteiger partial charge in [-0.1, -0.05) is 72.1 Å². The molecule has 1 aromatic heterocycles. The van der Waals surface area contributed by atoms with Crippen molar-refractivity contribution >= 4 is 33.5 Å². The summed E-state index contributed by atoms with van der Waals surface area (Å²) in [7, 11) is 0. The Bertz CT molecular complexity index is 937. The van der Waals surface area contributed by atoms with Gasteiger partial charge in [-0.2, -0.15) is 0 Å². The molecule has 6 heteroatoms. The number of nitrogen functional groups attached to an aromatic ring is 1. The molecule has 3 N–H and O–H groups in total. The molecule has 1 heterocycles. The van der Waals surface area contributed by atoms with Crippen LogP contribution in [-0.2, 0) is 17.8 Å². The van der Waals surface area contributed by atoms with E-state index in [1.165, 1.54) is 0 Å². The second-order valence-electron chi connectivity index (χ2n) is 6.70. The van der Waals surface area contributed by atoms with Crippen molar-refractivity contribution in [3.63, 3.8) is 0 Å². The zero-order chi connectivity index (χ0) is 19.9. The van der Waals surface area contributed by atoms with E-state index in [2.05, 4.69) is 33.2 Å². The molecular weight excluding hydrogens is 416 g/mol. The number of amides is 1. The van der Waals surface area contributed by atoms with E-state index in [0.717, 1.165) is 52.8 Å². The Labute approximate surface area is 174 Å². The van der Waals surface area contributed by atoms with Crippen molar-refractivity contribution in [2.24, 2.45) is 0 Å². The Balaban J connectivity index is 1.93. The van der Waals surface area contributed by atoms with Crippen LogP contribution in [0.1, 0.15) is 31.9 Å². The predicted octanol–water partition coefficient (Wildman–Crippen LogP) is 5.27. The van der Waals surface area contributed by atoms with Crippen molar-refractivity contribution in [3.8, 4) is 11.3 Å². The molecule has 3 aromatic rings. The minimum atomic E-state index is -0.135. The molecule has 0 fully saturated rings. The highest BCUT2D eigenvalue weighted by molar-refractivity contribution is 9.10. The zero-order valence-corrected chi connectivity index (χ0v) is 17.6. The second kappa shape index (κ2) is 9.55. The lowest BCUT2D eigenvalue weighted by Gasteiger charge is -2.13. The van der Waals surface area contributed by atoms with E-state index in [1.807, 2.05) is 54.6 Å². The number of anilines is 2. The third-order valence-corrected chi connectivity index (χ3v) is 5.27. The highest BCUT2D eigenvalue weighted by Crippen LogP contribution is 2.33. The molecule has 0 saturated carbocycles. The van der Waals surface area contributed by atoms with Crippen LogP contribution in [0.5, 0.6) is 0 Å². The highest BCUT2D eigenvalue weighted by Gasteiger charge is 2.20. The molecular formula is C22H25BrN4O. The van der Waals surface area contributed by atoms with Crippen molar-refractivity contribution < 1.29 is 4.79 Å². The third-order valence-electron chi connectivity index (χ3n) is 4.57.